The maximum Gasteiger partial charge on any atom is 0.239 e. The molecule has 0 bridgehead atoms. The summed E-state index contributed by atoms with van der Waals surface area (Å²) in [6, 6.07) is 15.7. The molecule has 2 aromatic rings. The van der Waals surface area contributed by atoms with Crippen LogP contribution in [0.15, 0.2) is 48.5 Å². The van der Waals surface area contributed by atoms with E-state index in [2.05, 4.69) is 5.32 Å². The Morgan fingerprint density at radius 3 is 2.42 bits per heavy atom. The van der Waals surface area contributed by atoms with Gasteiger partial charge in [-0.05, 0) is 36.6 Å². The summed E-state index contributed by atoms with van der Waals surface area (Å²) in [4.78, 5) is 25.6. The van der Waals surface area contributed by atoms with Crippen LogP contribution >= 0.6 is 0 Å². The van der Waals surface area contributed by atoms with E-state index in [1.807, 2.05) is 55.5 Å². The van der Waals surface area contributed by atoms with Gasteiger partial charge in [-0.1, -0.05) is 42.0 Å². The van der Waals surface area contributed by atoms with E-state index in [0.717, 1.165) is 28.9 Å². The number of ether oxygens (including phenoxy) is 1. The molecule has 0 spiro atoms. The van der Waals surface area contributed by atoms with E-state index < -0.39 is 0 Å². The van der Waals surface area contributed by atoms with E-state index in [9.17, 15) is 9.59 Å². The Kier molecular flexibility index (Phi) is 7.21. The highest BCUT2D eigenvalue weighted by Gasteiger charge is 2.14. The molecule has 2 rings (SSSR count). The number of nitrogens with zero attached hydrogens (tertiary/aromatic N) is 1. The number of hydrogen-bond acceptors (Lipinski definition) is 3. The largest absolute Gasteiger partial charge is 0.497 e. The van der Waals surface area contributed by atoms with Crippen molar-refractivity contribution in [2.24, 2.45) is 0 Å². The van der Waals surface area contributed by atoms with Crippen molar-refractivity contribution >= 4 is 11.8 Å². The highest BCUT2D eigenvalue weighted by Crippen LogP contribution is 2.11. The highest BCUT2D eigenvalue weighted by molar-refractivity contribution is 5.83. The molecule has 2 amide bonds. The zero-order valence-electron chi connectivity index (χ0n) is 15.6. The van der Waals surface area contributed by atoms with Crippen molar-refractivity contribution in [3.63, 3.8) is 0 Å². The normalized spacial score (nSPS) is 10.3. The first kappa shape index (κ1) is 19.5. The van der Waals surface area contributed by atoms with E-state index in [1.54, 1.807) is 12.0 Å². The molecule has 5 nitrogen and oxygen atoms in total. The van der Waals surface area contributed by atoms with Crippen molar-refractivity contribution in [1.29, 1.82) is 0 Å². The molecule has 0 aliphatic heterocycles. The quantitative estimate of drug-likeness (QED) is 0.793. The summed E-state index contributed by atoms with van der Waals surface area (Å²) in [5.41, 5.74) is 3.27. The lowest BCUT2D eigenvalue weighted by Gasteiger charge is -2.21. The minimum Gasteiger partial charge on any atom is -0.497 e. The monoisotopic (exact) mass is 354 g/mol. The second kappa shape index (κ2) is 9.61. The van der Waals surface area contributed by atoms with Crippen LogP contribution in [0, 0.1) is 6.92 Å². The first-order chi connectivity index (χ1) is 12.5. The van der Waals surface area contributed by atoms with Crippen LogP contribution in [0.2, 0.25) is 0 Å². The molecule has 0 atom stereocenters. The summed E-state index contributed by atoms with van der Waals surface area (Å²) >= 11 is 0. The van der Waals surface area contributed by atoms with Crippen molar-refractivity contribution in [2.45, 2.75) is 26.8 Å². The Bertz CT molecular complexity index is 741. The number of aryl methyl sites for hydroxylation is 1. The first-order valence-corrected chi connectivity index (χ1v) is 8.68. The first-order valence-electron chi connectivity index (χ1n) is 8.68. The summed E-state index contributed by atoms with van der Waals surface area (Å²) in [6.07, 6.45) is 0.730. The number of carbonyl (C=O) groups is 2. The van der Waals surface area contributed by atoms with Crippen LogP contribution in [0.1, 0.15) is 23.6 Å². The molecule has 0 saturated heterocycles. The zero-order chi connectivity index (χ0) is 18.9. The highest BCUT2D eigenvalue weighted by atomic mass is 16.5. The molecule has 0 aliphatic carbocycles. The van der Waals surface area contributed by atoms with Crippen LogP contribution in [0.3, 0.4) is 0 Å². The molecular formula is C21H26N2O3. The maximum atomic E-state index is 12.2. The second-order valence-corrected chi connectivity index (χ2v) is 6.31. The fourth-order valence-corrected chi connectivity index (χ4v) is 2.68. The maximum absolute atomic E-state index is 12.2. The van der Waals surface area contributed by atoms with Gasteiger partial charge >= 0.3 is 0 Å². The standard InChI is InChI=1S/C21H26N2O3/c1-16-5-4-6-19(13-16)14-23(17(2)24)15-21(25)22-12-11-18-7-9-20(26-3)10-8-18/h4-10,13H,11-12,14-15H2,1-3H3,(H,22,25). The summed E-state index contributed by atoms with van der Waals surface area (Å²) in [7, 11) is 1.63. The summed E-state index contributed by atoms with van der Waals surface area (Å²) in [6.45, 7) is 4.52. The third-order valence-corrected chi connectivity index (χ3v) is 4.13. The van der Waals surface area contributed by atoms with E-state index in [0.29, 0.717) is 13.1 Å². The van der Waals surface area contributed by atoms with Gasteiger partial charge < -0.3 is 15.0 Å². The molecule has 0 fully saturated rings. The van der Waals surface area contributed by atoms with Crippen LogP contribution in [0.5, 0.6) is 5.75 Å². The molecule has 0 unspecified atom stereocenters. The third kappa shape index (κ3) is 6.24. The van der Waals surface area contributed by atoms with Crippen molar-refractivity contribution < 1.29 is 14.3 Å². The Hall–Kier alpha value is -2.82. The third-order valence-electron chi connectivity index (χ3n) is 4.13. The van der Waals surface area contributed by atoms with E-state index in [4.69, 9.17) is 4.74 Å². The summed E-state index contributed by atoms with van der Waals surface area (Å²) in [5, 5.41) is 2.88. The molecule has 0 radical (unpaired) electrons. The average molecular weight is 354 g/mol. The van der Waals surface area contributed by atoms with Gasteiger partial charge in [0.25, 0.3) is 0 Å². The van der Waals surface area contributed by atoms with Crippen LogP contribution < -0.4 is 10.1 Å². The molecule has 0 aromatic heterocycles. The second-order valence-electron chi connectivity index (χ2n) is 6.31. The lowest BCUT2D eigenvalue weighted by molar-refractivity contribution is -0.134. The van der Waals surface area contributed by atoms with Gasteiger partial charge in [-0.3, -0.25) is 9.59 Å². The summed E-state index contributed by atoms with van der Waals surface area (Å²) in [5.74, 6) is 0.546. The van der Waals surface area contributed by atoms with E-state index >= 15 is 0 Å². The van der Waals surface area contributed by atoms with Crippen LogP contribution in [0.25, 0.3) is 0 Å². The molecule has 0 heterocycles. The van der Waals surface area contributed by atoms with Gasteiger partial charge in [-0.25, -0.2) is 0 Å². The molecule has 26 heavy (non-hydrogen) atoms. The molecular weight excluding hydrogens is 328 g/mol. The van der Waals surface area contributed by atoms with Crippen molar-refractivity contribution in [3.05, 3.63) is 65.2 Å². The molecule has 0 saturated carbocycles. The molecule has 5 heteroatoms. The Morgan fingerprint density at radius 1 is 1.08 bits per heavy atom. The smallest absolute Gasteiger partial charge is 0.239 e. The summed E-state index contributed by atoms with van der Waals surface area (Å²) < 4.78 is 5.13. The lowest BCUT2D eigenvalue weighted by atomic mass is 10.1. The topological polar surface area (TPSA) is 58.6 Å². The number of hydrogen-bond donors (Lipinski definition) is 1. The van der Waals surface area contributed by atoms with Crippen LogP contribution in [0.4, 0.5) is 0 Å². The van der Waals surface area contributed by atoms with Crippen LogP contribution in [-0.2, 0) is 22.6 Å². The Labute approximate surface area is 155 Å². The number of methoxy groups -OCH3 is 1. The lowest BCUT2D eigenvalue weighted by Crippen LogP contribution is -2.39. The molecule has 2 aromatic carbocycles. The Balaban J connectivity index is 1.82. The molecule has 1 N–H and O–H groups in total. The van der Waals surface area contributed by atoms with Gasteiger partial charge in [0.05, 0.1) is 13.7 Å². The fourth-order valence-electron chi connectivity index (χ4n) is 2.68. The van der Waals surface area contributed by atoms with Gasteiger partial charge in [0.2, 0.25) is 11.8 Å². The predicted octanol–water partition coefficient (Wildman–Crippen LogP) is 2.71. The van der Waals surface area contributed by atoms with Crippen molar-refractivity contribution in [2.75, 3.05) is 20.2 Å². The van der Waals surface area contributed by atoms with E-state index in [-0.39, 0.29) is 18.4 Å². The SMILES string of the molecule is COc1ccc(CCNC(=O)CN(Cc2cccc(C)c2)C(C)=O)cc1. The Morgan fingerprint density at radius 2 is 1.81 bits per heavy atom. The number of rotatable bonds is 8. The molecule has 0 aliphatic rings. The van der Waals surface area contributed by atoms with Crippen LogP contribution in [-0.4, -0.2) is 36.9 Å². The molecule has 138 valence electrons. The minimum atomic E-state index is -0.152. The van der Waals surface area contributed by atoms with Gasteiger partial charge in [-0.2, -0.15) is 0 Å². The van der Waals surface area contributed by atoms with E-state index in [1.165, 1.54) is 6.92 Å². The van der Waals surface area contributed by atoms with Crippen molar-refractivity contribution in [3.8, 4) is 5.75 Å². The minimum absolute atomic E-state index is 0.0614. The predicted molar refractivity (Wildman–Crippen MR) is 102 cm³/mol. The number of carbonyl (C=O) groups excluding carboxylic acids is 2. The van der Waals surface area contributed by atoms with Gasteiger partial charge in [0.15, 0.2) is 0 Å². The average Bonchev–Trinajstić information content (AvgIpc) is 2.61. The number of amides is 2. The number of nitrogens with one attached hydrogen (secondary N) is 1. The van der Waals surface area contributed by atoms with Gasteiger partial charge in [0.1, 0.15) is 5.75 Å². The number of benzene rings is 2. The fraction of sp³-hybridized carbons (Fsp3) is 0.333. The van der Waals surface area contributed by atoms with Gasteiger partial charge in [-0.15, -0.1) is 0 Å². The van der Waals surface area contributed by atoms with Crippen molar-refractivity contribution in [1.82, 2.24) is 10.2 Å². The van der Waals surface area contributed by atoms with Gasteiger partial charge in [0, 0.05) is 20.0 Å². The zero-order valence-corrected chi connectivity index (χ0v) is 15.6.